The number of carbonyl (C=O) groups excluding carboxylic acids is 2. The van der Waals surface area contributed by atoms with Crippen LogP contribution in [-0.2, 0) is 0 Å². The Bertz CT molecular complexity index is 1000. The molecule has 28 heavy (non-hydrogen) atoms. The largest absolute Gasteiger partial charge is 0.358 e. The highest BCUT2D eigenvalue weighted by atomic mass is 16.2. The highest BCUT2D eigenvalue weighted by molar-refractivity contribution is 6.06. The first-order valence-electron chi connectivity index (χ1n) is 9.28. The molecule has 0 saturated heterocycles. The molecule has 0 saturated carbocycles. The number of rotatable bonds is 6. The Kier molecular flexibility index (Phi) is 5.80. The summed E-state index contributed by atoms with van der Waals surface area (Å²) in [5.41, 5.74) is 5.09. The van der Waals surface area contributed by atoms with Gasteiger partial charge in [0, 0.05) is 46.5 Å². The van der Waals surface area contributed by atoms with Crippen molar-refractivity contribution in [1.82, 2.24) is 15.2 Å². The van der Waals surface area contributed by atoms with Gasteiger partial charge in [0.25, 0.3) is 11.8 Å². The van der Waals surface area contributed by atoms with Crippen LogP contribution >= 0.6 is 0 Å². The number of hydrogen-bond acceptors (Lipinski definition) is 3. The van der Waals surface area contributed by atoms with E-state index in [0.29, 0.717) is 23.4 Å². The molecule has 0 aliphatic carbocycles. The van der Waals surface area contributed by atoms with Crippen LogP contribution in [0.5, 0.6) is 0 Å². The van der Waals surface area contributed by atoms with Gasteiger partial charge < -0.3 is 20.5 Å². The molecule has 0 bridgehead atoms. The molecule has 6 nitrogen and oxygen atoms in total. The summed E-state index contributed by atoms with van der Waals surface area (Å²) < 4.78 is 0. The second-order valence-corrected chi connectivity index (χ2v) is 7.23. The van der Waals surface area contributed by atoms with E-state index in [1.165, 1.54) is 0 Å². The average Bonchev–Trinajstić information content (AvgIpc) is 2.95. The van der Waals surface area contributed by atoms with Gasteiger partial charge in [0.15, 0.2) is 0 Å². The van der Waals surface area contributed by atoms with Gasteiger partial charge in [0.05, 0.1) is 0 Å². The van der Waals surface area contributed by atoms with Crippen molar-refractivity contribution in [2.24, 2.45) is 0 Å². The minimum Gasteiger partial charge on any atom is -0.358 e. The predicted molar refractivity (Wildman–Crippen MR) is 113 cm³/mol. The molecule has 0 aliphatic rings. The SMILES string of the molecule is Cc1[nH]c2ccc(C(=O)Nc3ccc(C(=O)NCCN(C)C)cc3)cc2c1C. The van der Waals surface area contributed by atoms with Gasteiger partial charge in [0.2, 0.25) is 0 Å². The number of nitrogens with one attached hydrogen (secondary N) is 3. The summed E-state index contributed by atoms with van der Waals surface area (Å²) >= 11 is 0. The highest BCUT2D eigenvalue weighted by Gasteiger charge is 2.11. The van der Waals surface area contributed by atoms with Crippen molar-refractivity contribution < 1.29 is 9.59 Å². The first kappa shape index (κ1) is 19.6. The summed E-state index contributed by atoms with van der Waals surface area (Å²) in [6.07, 6.45) is 0. The van der Waals surface area contributed by atoms with E-state index in [9.17, 15) is 9.59 Å². The molecule has 1 aromatic heterocycles. The number of nitrogens with zero attached hydrogens (tertiary/aromatic N) is 1. The summed E-state index contributed by atoms with van der Waals surface area (Å²) in [6.45, 7) is 5.43. The van der Waals surface area contributed by atoms with E-state index < -0.39 is 0 Å². The van der Waals surface area contributed by atoms with E-state index in [2.05, 4.69) is 15.6 Å². The molecule has 3 aromatic rings. The minimum absolute atomic E-state index is 0.122. The van der Waals surface area contributed by atoms with Crippen LogP contribution in [0, 0.1) is 13.8 Å². The smallest absolute Gasteiger partial charge is 0.255 e. The third-order valence-corrected chi connectivity index (χ3v) is 4.82. The van der Waals surface area contributed by atoms with E-state index in [1.807, 2.05) is 45.0 Å². The van der Waals surface area contributed by atoms with Crippen molar-refractivity contribution in [3.63, 3.8) is 0 Å². The van der Waals surface area contributed by atoms with Crippen LogP contribution in [0.3, 0.4) is 0 Å². The van der Waals surface area contributed by atoms with E-state index in [1.54, 1.807) is 30.3 Å². The van der Waals surface area contributed by atoms with Gasteiger partial charge in [0.1, 0.15) is 0 Å². The topological polar surface area (TPSA) is 77.2 Å². The minimum atomic E-state index is -0.177. The van der Waals surface area contributed by atoms with Gasteiger partial charge in [-0.3, -0.25) is 9.59 Å². The van der Waals surface area contributed by atoms with Crippen molar-refractivity contribution in [2.75, 3.05) is 32.5 Å². The normalized spacial score (nSPS) is 11.0. The Morgan fingerprint density at radius 2 is 1.64 bits per heavy atom. The zero-order chi connectivity index (χ0) is 20.3. The second-order valence-electron chi connectivity index (χ2n) is 7.23. The van der Waals surface area contributed by atoms with Gasteiger partial charge >= 0.3 is 0 Å². The first-order chi connectivity index (χ1) is 13.3. The van der Waals surface area contributed by atoms with Crippen LogP contribution in [0.1, 0.15) is 32.0 Å². The number of aryl methyl sites for hydroxylation is 2. The van der Waals surface area contributed by atoms with Gasteiger partial charge in [-0.05, 0) is 76.0 Å². The Balaban J connectivity index is 1.66. The van der Waals surface area contributed by atoms with Gasteiger partial charge in [-0.25, -0.2) is 0 Å². The summed E-state index contributed by atoms with van der Waals surface area (Å²) in [7, 11) is 3.92. The second kappa shape index (κ2) is 8.27. The van der Waals surface area contributed by atoms with Crippen LogP contribution in [0.15, 0.2) is 42.5 Å². The zero-order valence-electron chi connectivity index (χ0n) is 16.7. The molecule has 3 N–H and O–H groups in total. The molecule has 0 aliphatic heterocycles. The fourth-order valence-corrected chi connectivity index (χ4v) is 3.01. The Hall–Kier alpha value is -3.12. The van der Waals surface area contributed by atoms with E-state index >= 15 is 0 Å². The summed E-state index contributed by atoms with van der Waals surface area (Å²) in [6, 6.07) is 12.5. The summed E-state index contributed by atoms with van der Waals surface area (Å²) in [4.78, 5) is 30.0. The fourth-order valence-electron chi connectivity index (χ4n) is 3.01. The number of fused-ring (bicyclic) bond motifs is 1. The molecule has 2 aromatic carbocycles. The Morgan fingerprint density at radius 1 is 0.964 bits per heavy atom. The molecule has 0 fully saturated rings. The van der Waals surface area contributed by atoms with Crippen LogP contribution in [0.4, 0.5) is 5.69 Å². The van der Waals surface area contributed by atoms with E-state index in [-0.39, 0.29) is 11.8 Å². The lowest BCUT2D eigenvalue weighted by Gasteiger charge is -2.11. The summed E-state index contributed by atoms with van der Waals surface area (Å²) in [5.74, 6) is -0.299. The number of aromatic amines is 1. The van der Waals surface area contributed by atoms with Crippen molar-refractivity contribution in [3.05, 3.63) is 64.8 Å². The number of amides is 2. The van der Waals surface area contributed by atoms with Gasteiger partial charge in [-0.15, -0.1) is 0 Å². The molecule has 0 spiro atoms. The number of likely N-dealkylation sites (N-methyl/N-ethyl adjacent to an activating group) is 1. The fraction of sp³-hybridized carbons (Fsp3) is 0.273. The number of H-pyrrole nitrogens is 1. The number of hydrogen-bond donors (Lipinski definition) is 3. The first-order valence-corrected chi connectivity index (χ1v) is 9.28. The maximum atomic E-state index is 12.6. The molecular weight excluding hydrogens is 352 g/mol. The van der Waals surface area contributed by atoms with Crippen LogP contribution in [-0.4, -0.2) is 48.9 Å². The molecule has 3 rings (SSSR count). The number of benzene rings is 2. The number of aromatic nitrogens is 1. The number of carbonyl (C=O) groups is 2. The van der Waals surface area contributed by atoms with E-state index in [0.717, 1.165) is 28.7 Å². The Morgan fingerprint density at radius 3 is 2.32 bits per heavy atom. The predicted octanol–water partition coefficient (Wildman–Crippen LogP) is 3.33. The Labute approximate surface area is 164 Å². The standard InChI is InChI=1S/C22H26N4O2/c1-14-15(2)24-20-10-7-17(13-19(14)20)22(28)25-18-8-5-16(6-9-18)21(27)23-11-12-26(3)4/h5-10,13,24H,11-12H2,1-4H3,(H,23,27)(H,25,28). The van der Waals surface area contributed by atoms with Crippen molar-refractivity contribution in [2.45, 2.75) is 13.8 Å². The zero-order valence-corrected chi connectivity index (χ0v) is 16.7. The molecular formula is C22H26N4O2. The molecule has 0 unspecified atom stereocenters. The molecule has 1 heterocycles. The van der Waals surface area contributed by atoms with Crippen molar-refractivity contribution >= 4 is 28.4 Å². The molecule has 6 heteroatoms. The van der Waals surface area contributed by atoms with Crippen LogP contribution < -0.4 is 10.6 Å². The maximum absolute atomic E-state index is 12.6. The molecule has 0 radical (unpaired) electrons. The lowest BCUT2D eigenvalue weighted by Crippen LogP contribution is -2.31. The highest BCUT2D eigenvalue weighted by Crippen LogP contribution is 2.23. The summed E-state index contributed by atoms with van der Waals surface area (Å²) in [5, 5.41) is 6.81. The average molecular weight is 378 g/mol. The lowest BCUT2D eigenvalue weighted by atomic mass is 10.1. The van der Waals surface area contributed by atoms with Crippen LogP contribution in [0.25, 0.3) is 10.9 Å². The third-order valence-electron chi connectivity index (χ3n) is 4.82. The van der Waals surface area contributed by atoms with Crippen LogP contribution in [0.2, 0.25) is 0 Å². The lowest BCUT2D eigenvalue weighted by molar-refractivity contribution is 0.0950. The third kappa shape index (κ3) is 4.40. The monoisotopic (exact) mass is 378 g/mol. The molecule has 0 atom stereocenters. The van der Waals surface area contributed by atoms with Gasteiger partial charge in [-0.1, -0.05) is 0 Å². The quantitative estimate of drug-likeness (QED) is 0.616. The maximum Gasteiger partial charge on any atom is 0.255 e. The van der Waals surface area contributed by atoms with Crippen molar-refractivity contribution in [1.29, 1.82) is 0 Å². The number of anilines is 1. The van der Waals surface area contributed by atoms with Gasteiger partial charge in [-0.2, -0.15) is 0 Å². The van der Waals surface area contributed by atoms with Crippen molar-refractivity contribution in [3.8, 4) is 0 Å². The van der Waals surface area contributed by atoms with E-state index in [4.69, 9.17) is 0 Å². The molecule has 146 valence electrons. The molecule has 2 amide bonds.